The largest absolute Gasteiger partial charge is 0.302 e. The van der Waals surface area contributed by atoms with Gasteiger partial charge in [0.1, 0.15) is 0 Å². The molecule has 4 heteroatoms. The van der Waals surface area contributed by atoms with E-state index in [9.17, 15) is 0 Å². The van der Waals surface area contributed by atoms with Gasteiger partial charge in [-0.25, -0.2) is 0 Å². The average molecular weight is 221 g/mol. The van der Waals surface area contributed by atoms with Crippen LogP contribution in [0.1, 0.15) is 46.7 Å². The van der Waals surface area contributed by atoms with Crippen LogP contribution in [-0.4, -0.2) is 22.3 Å². The van der Waals surface area contributed by atoms with Crippen LogP contribution in [0.25, 0.3) is 0 Å². The monoisotopic (exact) mass is 221 g/mol. The van der Waals surface area contributed by atoms with E-state index >= 15 is 0 Å². The molecule has 1 aromatic rings. The smallest absolute Gasteiger partial charge is 0.265 e. The van der Waals surface area contributed by atoms with Crippen LogP contribution in [0.15, 0.2) is 6.20 Å². The predicted octanol–water partition coefficient (Wildman–Crippen LogP) is 2.49. The first-order chi connectivity index (χ1) is 7.36. The second-order valence-electron chi connectivity index (χ2n) is 5.77. The molecule has 1 atom stereocenters. The van der Waals surface area contributed by atoms with Gasteiger partial charge in [-0.3, -0.25) is 0 Å². The van der Waals surface area contributed by atoms with Gasteiger partial charge < -0.3 is 4.59 Å². The highest BCUT2D eigenvalue weighted by atomic mass is 15.4. The summed E-state index contributed by atoms with van der Waals surface area (Å²) < 4.78 is 1.90. The topological polar surface area (TPSA) is 30.7 Å². The highest BCUT2D eigenvalue weighted by Crippen LogP contribution is 2.31. The Kier molecular flexibility index (Phi) is 4.17. The Morgan fingerprint density at radius 1 is 1.38 bits per heavy atom. The molecule has 0 saturated carbocycles. The van der Waals surface area contributed by atoms with Gasteiger partial charge in [-0.1, -0.05) is 46.7 Å². The Morgan fingerprint density at radius 3 is 2.44 bits per heavy atom. The number of rotatable bonds is 5. The summed E-state index contributed by atoms with van der Waals surface area (Å²) in [5, 5.41) is 8.40. The molecule has 1 rings (SSSR count). The molecular formula is C12H24BN3. The third-order valence-corrected chi connectivity index (χ3v) is 3.53. The standard InChI is InChI=1S/C12H24BN3/c1-9(2)10(3)7-12(4,5)11-8-16(13-6)15-14-11/h8-10,13H,7H2,1-6H3. The number of nitrogens with zero attached hydrogens (tertiary/aromatic N) is 3. The van der Waals surface area contributed by atoms with Crippen molar-refractivity contribution in [2.45, 2.75) is 53.3 Å². The maximum absolute atomic E-state index is 4.28. The van der Waals surface area contributed by atoms with Crippen LogP contribution in [-0.2, 0) is 5.41 Å². The maximum Gasteiger partial charge on any atom is 0.265 e. The van der Waals surface area contributed by atoms with E-state index in [-0.39, 0.29) is 5.41 Å². The van der Waals surface area contributed by atoms with Gasteiger partial charge in [0.25, 0.3) is 7.41 Å². The lowest BCUT2D eigenvalue weighted by Crippen LogP contribution is -2.23. The summed E-state index contributed by atoms with van der Waals surface area (Å²) in [7, 11) is 0.892. The van der Waals surface area contributed by atoms with Crippen molar-refractivity contribution in [1.29, 1.82) is 0 Å². The molecule has 1 unspecified atom stereocenters. The predicted molar refractivity (Wildman–Crippen MR) is 70.1 cm³/mol. The summed E-state index contributed by atoms with van der Waals surface area (Å²) in [6, 6.07) is 0. The van der Waals surface area contributed by atoms with Crippen LogP contribution in [0.5, 0.6) is 0 Å². The van der Waals surface area contributed by atoms with Gasteiger partial charge in [-0.05, 0) is 18.3 Å². The van der Waals surface area contributed by atoms with E-state index in [1.54, 1.807) is 0 Å². The highest BCUT2D eigenvalue weighted by molar-refractivity contribution is 6.30. The van der Waals surface area contributed by atoms with E-state index < -0.39 is 0 Å². The SMILES string of the molecule is CBn1cc(C(C)(C)CC(C)C(C)C)nn1. The molecule has 0 aliphatic carbocycles. The van der Waals surface area contributed by atoms with Crippen molar-refractivity contribution < 1.29 is 0 Å². The lowest BCUT2D eigenvalue weighted by molar-refractivity contribution is 0.305. The molecule has 0 N–H and O–H groups in total. The zero-order valence-corrected chi connectivity index (χ0v) is 11.5. The van der Waals surface area contributed by atoms with E-state index in [1.807, 2.05) is 4.59 Å². The van der Waals surface area contributed by atoms with Crippen molar-refractivity contribution in [3.8, 4) is 0 Å². The number of hydrogen-bond acceptors (Lipinski definition) is 2. The summed E-state index contributed by atoms with van der Waals surface area (Å²) in [6.45, 7) is 13.5. The molecule has 0 bridgehead atoms. The van der Waals surface area contributed by atoms with Crippen molar-refractivity contribution >= 4 is 7.41 Å². The van der Waals surface area contributed by atoms with E-state index in [0.717, 1.165) is 25.4 Å². The Morgan fingerprint density at radius 2 is 2.00 bits per heavy atom. The fourth-order valence-electron chi connectivity index (χ4n) is 1.91. The molecule has 0 aliphatic rings. The third-order valence-electron chi connectivity index (χ3n) is 3.53. The minimum absolute atomic E-state index is 0.122. The molecule has 0 aromatic carbocycles. The molecule has 0 amide bonds. The van der Waals surface area contributed by atoms with Crippen LogP contribution >= 0.6 is 0 Å². The van der Waals surface area contributed by atoms with Crippen LogP contribution in [0.2, 0.25) is 6.82 Å². The van der Waals surface area contributed by atoms with E-state index in [2.05, 4.69) is 58.0 Å². The summed E-state index contributed by atoms with van der Waals surface area (Å²) in [5.74, 6) is 1.43. The fraction of sp³-hybridized carbons (Fsp3) is 0.833. The van der Waals surface area contributed by atoms with Gasteiger partial charge in [0.05, 0.1) is 5.69 Å². The first-order valence-corrected chi connectivity index (χ1v) is 6.27. The molecule has 0 radical (unpaired) electrons. The molecule has 0 saturated heterocycles. The van der Waals surface area contributed by atoms with Gasteiger partial charge in [0.2, 0.25) is 0 Å². The van der Waals surface area contributed by atoms with Gasteiger partial charge >= 0.3 is 0 Å². The van der Waals surface area contributed by atoms with Gasteiger partial charge in [0, 0.05) is 11.6 Å². The van der Waals surface area contributed by atoms with Gasteiger partial charge in [0.15, 0.2) is 0 Å². The molecule has 0 fully saturated rings. The second-order valence-corrected chi connectivity index (χ2v) is 5.77. The number of hydrogen-bond donors (Lipinski definition) is 0. The van der Waals surface area contributed by atoms with Crippen molar-refractivity contribution in [1.82, 2.24) is 14.9 Å². The highest BCUT2D eigenvalue weighted by Gasteiger charge is 2.27. The third kappa shape index (κ3) is 3.10. The lowest BCUT2D eigenvalue weighted by Gasteiger charge is -2.27. The van der Waals surface area contributed by atoms with E-state index in [0.29, 0.717) is 5.92 Å². The quantitative estimate of drug-likeness (QED) is 0.715. The average Bonchev–Trinajstić information content (AvgIpc) is 2.65. The molecule has 3 nitrogen and oxygen atoms in total. The summed E-state index contributed by atoms with van der Waals surface area (Å²) in [4.78, 5) is 0. The molecule has 0 aliphatic heterocycles. The fourth-order valence-corrected chi connectivity index (χ4v) is 1.91. The molecule has 1 heterocycles. The Balaban J connectivity index is 2.76. The van der Waals surface area contributed by atoms with Crippen LogP contribution in [0, 0.1) is 11.8 Å². The Labute approximate surface area is 99.9 Å². The zero-order valence-electron chi connectivity index (χ0n) is 11.5. The van der Waals surface area contributed by atoms with E-state index in [1.165, 1.54) is 0 Å². The molecule has 0 spiro atoms. The molecule has 1 aromatic heterocycles. The first kappa shape index (κ1) is 13.3. The summed E-state index contributed by atoms with van der Waals surface area (Å²) in [5.41, 5.74) is 1.23. The summed E-state index contributed by atoms with van der Waals surface area (Å²) >= 11 is 0. The van der Waals surface area contributed by atoms with Gasteiger partial charge in [-0.15, -0.1) is 5.10 Å². The maximum atomic E-state index is 4.28. The van der Waals surface area contributed by atoms with E-state index in [4.69, 9.17) is 0 Å². The van der Waals surface area contributed by atoms with Crippen molar-refractivity contribution in [3.63, 3.8) is 0 Å². The second kappa shape index (κ2) is 5.02. The van der Waals surface area contributed by atoms with Crippen LogP contribution in [0.3, 0.4) is 0 Å². The Bertz CT molecular complexity index is 331. The van der Waals surface area contributed by atoms with Crippen molar-refractivity contribution in [2.75, 3.05) is 0 Å². The van der Waals surface area contributed by atoms with Gasteiger partial charge in [-0.2, -0.15) is 0 Å². The zero-order chi connectivity index (χ0) is 12.3. The minimum atomic E-state index is 0.122. The van der Waals surface area contributed by atoms with Crippen LogP contribution < -0.4 is 0 Å². The summed E-state index contributed by atoms with van der Waals surface area (Å²) in [6.07, 6.45) is 3.24. The lowest BCUT2D eigenvalue weighted by atomic mass is 9.77. The van der Waals surface area contributed by atoms with Crippen molar-refractivity contribution in [2.24, 2.45) is 11.8 Å². The van der Waals surface area contributed by atoms with Crippen molar-refractivity contribution in [3.05, 3.63) is 11.9 Å². The Hall–Kier alpha value is -0.795. The molecule has 90 valence electrons. The molecule has 16 heavy (non-hydrogen) atoms. The first-order valence-electron chi connectivity index (χ1n) is 6.27. The number of aromatic nitrogens is 3. The normalized spacial score (nSPS) is 14.2. The minimum Gasteiger partial charge on any atom is -0.302 e. The van der Waals surface area contributed by atoms with Crippen LogP contribution in [0.4, 0.5) is 0 Å². The molecular weight excluding hydrogens is 197 g/mol.